The van der Waals surface area contributed by atoms with E-state index in [0.29, 0.717) is 0 Å². The van der Waals surface area contributed by atoms with Crippen molar-refractivity contribution in [2.45, 2.75) is 13.5 Å². The molecule has 0 aliphatic heterocycles. The summed E-state index contributed by atoms with van der Waals surface area (Å²) in [6.45, 7) is 5.14. The second-order valence-electron chi connectivity index (χ2n) is 1.83. The minimum absolute atomic E-state index is 0.157. The van der Waals surface area contributed by atoms with Crippen LogP contribution in [0.4, 0.5) is 0 Å². The highest BCUT2D eigenvalue weighted by molar-refractivity contribution is 6.41. The highest BCUT2D eigenvalue weighted by Gasteiger charge is 1.92. The van der Waals surface area contributed by atoms with Gasteiger partial charge in [0.05, 0.1) is 0 Å². The lowest BCUT2D eigenvalue weighted by Crippen LogP contribution is -2.35. The Morgan fingerprint density at radius 2 is 2.33 bits per heavy atom. The van der Waals surface area contributed by atoms with Crippen molar-refractivity contribution >= 4 is 19.5 Å². The van der Waals surface area contributed by atoms with Gasteiger partial charge in [0.2, 0.25) is 0 Å². The molecular weight excluding hydrogens is 148 g/mol. The molecule has 56 valence electrons. The zero-order chi connectivity index (χ0) is 7.11. The maximum Gasteiger partial charge on any atom is 0.161 e. The Hall–Kier alpha value is 0.314. The summed E-state index contributed by atoms with van der Waals surface area (Å²) >= 11 is 0. The molecule has 0 rings (SSSR count). The third-order valence-corrected chi connectivity index (χ3v) is 4.68. The van der Waals surface area contributed by atoms with E-state index in [1.54, 1.807) is 0 Å². The van der Waals surface area contributed by atoms with Gasteiger partial charge in [-0.2, -0.15) is 0 Å². The minimum Gasteiger partial charge on any atom is -0.464 e. The Kier molecular flexibility index (Phi) is 6.66. The zero-order valence-electron chi connectivity index (χ0n) is 6.26. The van der Waals surface area contributed by atoms with E-state index in [9.17, 15) is 0 Å². The fraction of sp³-hybridized carbons (Fsp3) is 1.00. The number of hydrogen-bond acceptors (Lipinski definition) is 3. The summed E-state index contributed by atoms with van der Waals surface area (Å²) in [5.41, 5.74) is 0. The molecule has 2 N–H and O–H groups in total. The van der Waals surface area contributed by atoms with Gasteiger partial charge in [-0.05, 0) is 0 Å². The lowest BCUT2D eigenvalue weighted by molar-refractivity contribution is 0.339. The molecule has 0 bridgehead atoms. The molecule has 0 atom stereocenters. The van der Waals surface area contributed by atoms with Crippen molar-refractivity contribution in [2.75, 3.05) is 12.7 Å². The fourth-order valence-electron chi connectivity index (χ4n) is 0.484. The minimum atomic E-state index is -0.285. The van der Waals surface area contributed by atoms with Crippen LogP contribution < -0.4 is 5.84 Å². The summed E-state index contributed by atoms with van der Waals surface area (Å²) < 4.78 is 5.36. The molecule has 0 aromatic heterocycles. The lowest BCUT2D eigenvalue weighted by atomic mass is 10.7. The average Bonchev–Trinajstić information content (AvgIpc) is 1.89. The number of hydrazine groups is 1. The Morgan fingerprint density at radius 1 is 1.67 bits per heavy atom. The molecule has 3 nitrogen and oxygen atoms in total. The zero-order valence-corrected chi connectivity index (χ0v) is 9.09. The van der Waals surface area contributed by atoms with Gasteiger partial charge in [0, 0.05) is 12.7 Å². The molecule has 0 aliphatic rings. The Bertz CT molecular complexity index is 64.5. The van der Waals surface area contributed by atoms with Crippen molar-refractivity contribution in [3.63, 3.8) is 0 Å². The van der Waals surface area contributed by atoms with Crippen molar-refractivity contribution < 1.29 is 4.12 Å². The largest absolute Gasteiger partial charge is 0.464 e. The third-order valence-electron chi connectivity index (χ3n) is 1.13. The smallest absolute Gasteiger partial charge is 0.161 e. The molecule has 0 aliphatic carbocycles. The van der Waals surface area contributed by atoms with Gasteiger partial charge in [0.15, 0.2) is 9.76 Å². The van der Waals surface area contributed by atoms with E-state index in [0.717, 1.165) is 12.7 Å². The van der Waals surface area contributed by atoms with Crippen LogP contribution in [0.1, 0.15) is 6.92 Å². The van der Waals surface area contributed by atoms with Crippen LogP contribution in [0.3, 0.4) is 0 Å². The molecule has 0 aromatic carbocycles. The molecule has 0 spiro atoms. The van der Waals surface area contributed by atoms with E-state index in [-0.39, 0.29) is 19.5 Å². The molecule has 5 heteroatoms. The summed E-state index contributed by atoms with van der Waals surface area (Å²) in [4.78, 5) is 0. The SMILES string of the molecule is CCN(N)C[SiH2]O[SiH2]C. The maximum absolute atomic E-state index is 5.52. The molecule has 0 radical (unpaired) electrons. The van der Waals surface area contributed by atoms with E-state index in [2.05, 4.69) is 13.5 Å². The van der Waals surface area contributed by atoms with Crippen LogP contribution in [0.25, 0.3) is 0 Å². The second-order valence-corrected chi connectivity index (χ2v) is 4.89. The maximum atomic E-state index is 5.52. The van der Waals surface area contributed by atoms with Gasteiger partial charge in [0.25, 0.3) is 0 Å². The number of nitrogens with zero attached hydrogens (tertiary/aromatic N) is 1. The summed E-state index contributed by atoms with van der Waals surface area (Å²) in [5, 5.41) is 1.82. The van der Waals surface area contributed by atoms with Gasteiger partial charge in [0.1, 0.15) is 9.76 Å². The van der Waals surface area contributed by atoms with E-state index >= 15 is 0 Å². The van der Waals surface area contributed by atoms with Crippen LogP contribution in [-0.4, -0.2) is 37.2 Å². The fourth-order valence-corrected chi connectivity index (χ4v) is 2.71. The molecule has 0 saturated carbocycles. The van der Waals surface area contributed by atoms with Gasteiger partial charge in [-0.1, -0.05) is 13.5 Å². The van der Waals surface area contributed by atoms with Crippen LogP contribution in [0.2, 0.25) is 6.55 Å². The molecule has 0 amide bonds. The number of hydrogen-bond donors (Lipinski definition) is 1. The average molecular weight is 164 g/mol. The van der Waals surface area contributed by atoms with Crippen molar-refractivity contribution in [2.24, 2.45) is 5.84 Å². The number of rotatable bonds is 5. The second kappa shape index (κ2) is 6.43. The predicted octanol–water partition coefficient (Wildman–Crippen LogP) is -1.63. The Balaban J connectivity index is 2.88. The molecular formula is C4H16N2OSi2. The van der Waals surface area contributed by atoms with Crippen molar-refractivity contribution in [1.29, 1.82) is 0 Å². The van der Waals surface area contributed by atoms with Crippen LogP contribution in [0.5, 0.6) is 0 Å². The van der Waals surface area contributed by atoms with Crippen LogP contribution in [0, 0.1) is 0 Å². The highest BCUT2D eigenvalue weighted by atomic mass is 28.3. The van der Waals surface area contributed by atoms with E-state index < -0.39 is 0 Å². The van der Waals surface area contributed by atoms with Crippen molar-refractivity contribution in [1.82, 2.24) is 5.01 Å². The van der Waals surface area contributed by atoms with E-state index in [1.807, 2.05) is 5.01 Å². The first-order valence-electron chi connectivity index (χ1n) is 3.38. The normalized spacial score (nSPS) is 13.3. The first-order chi connectivity index (χ1) is 4.31. The molecule has 0 aromatic rings. The highest BCUT2D eigenvalue weighted by Crippen LogP contribution is 1.73. The number of nitrogens with two attached hydrogens (primary N) is 1. The van der Waals surface area contributed by atoms with Crippen LogP contribution in [0.15, 0.2) is 0 Å². The van der Waals surface area contributed by atoms with Gasteiger partial charge in [-0.25, -0.2) is 5.01 Å². The van der Waals surface area contributed by atoms with E-state index in [4.69, 9.17) is 9.96 Å². The first-order valence-corrected chi connectivity index (χ1v) is 6.95. The standard InChI is InChI=1S/C4H16N2OSi2/c1-3-6(5)4-9-7-8-2/h3-5,8-9H2,1-2H3. The molecule has 0 unspecified atom stereocenters. The van der Waals surface area contributed by atoms with Crippen LogP contribution >= 0.6 is 0 Å². The molecule has 0 saturated heterocycles. The van der Waals surface area contributed by atoms with E-state index in [1.165, 1.54) is 0 Å². The van der Waals surface area contributed by atoms with Crippen molar-refractivity contribution in [3.8, 4) is 0 Å². The Morgan fingerprint density at radius 3 is 2.78 bits per heavy atom. The molecule has 0 fully saturated rings. The summed E-state index contributed by atoms with van der Waals surface area (Å²) in [5.74, 6) is 5.52. The lowest BCUT2D eigenvalue weighted by Gasteiger charge is -2.11. The predicted molar refractivity (Wildman–Crippen MR) is 45.5 cm³/mol. The first kappa shape index (κ1) is 9.31. The molecule has 0 heterocycles. The van der Waals surface area contributed by atoms with Crippen LogP contribution in [-0.2, 0) is 4.12 Å². The quantitative estimate of drug-likeness (QED) is 0.230. The van der Waals surface area contributed by atoms with Gasteiger partial charge >= 0.3 is 0 Å². The summed E-state index contributed by atoms with van der Waals surface area (Å²) in [7, 11) is -0.442. The molecule has 9 heavy (non-hydrogen) atoms. The third kappa shape index (κ3) is 6.20. The topological polar surface area (TPSA) is 38.5 Å². The summed E-state index contributed by atoms with van der Waals surface area (Å²) in [6.07, 6.45) is 0.997. The summed E-state index contributed by atoms with van der Waals surface area (Å²) in [6, 6.07) is 0. The van der Waals surface area contributed by atoms with Gasteiger partial charge in [-0.3, -0.25) is 5.84 Å². The van der Waals surface area contributed by atoms with Crippen molar-refractivity contribution in [3.05, 3.63) is 0 Å². The van der Waals surface area contributed by atoms with Gasteiger partial charge < -0.3 is 4.12 Å². The monoisotopic (exact) mass is 164 g/mol. The Labute approximate surface area is 61.4 Å². The van der Waals surface area contributed by atoms with Gasteiger partial charge in [-0.15, -0.1) is 0 Å².